The average Bonchev–Trinajstić information content (AvgIpc) is 2.74. The summed E-state index contributed by atoms with van der Waals surface area (Å²) in [5.41, 5.74) is -0.691. The van der Waals surface area contributed by atoms with E-state index in [1.54, 1.807) is 12.1 Å². The van der Waals surface area contributed by atoms with Gasteiger partial charge in [-0.1, -0.05) is 30.4 Å². The topological polar surface area (TPSA) is 54.4 Å². The molecule has 0 radical (unpaired) electrons. The minimum absolute atomic E-state index is 0.0171. The molecule has 1 fully saturated rings. The van der Waals surface area contributed by atoms with Gasteiger partial charge in [0, 0.05) is 4.90 Å². The van der Waals surface area contributed by atoms with E-state index in [1.165, 1.54) is 0 Å². The summed E-state index contributed by atoms with van der Waals surface area (Å²) >= 11 is 0. The van der Waals surface area contributed by atoms with Gasteiger partial charge in [0.15, 0.2) is 5.78 Å². The van der Waals surface area contributed by atoms with Crippen molar-refractivity contribution in [1.82, 2.24) is 0 Å². The molecule has 4 heteroatoms. The molecular formula is C16H18O3S. The van der Waals surface area contributed by atoms with Gasteiger partial charge < -0.3 is 5.11 Å². The van der Waals surface area contributed by atoms with E-state index >= 15 is 0 Å². The van der Waals surface area contributed by atoms with Gasteiger partial charge in [-0.15, -0.1) is 0 Å². The maximum absolute atomic E-state index is 12.7. The molecule has 0 heterocycles. The number of carbonyl (C=O) groups excluding carboxylic acids is 1. The van der Waals surface area contributed by atoms with E-state index in [-0.39, 0.29) is 5.78 Å². The van der Waals surface area contributed by atoms with E-state index in [1.807, 2.05) is 30.4 Å². The highest BCUT2D eigenvalue weighted by atomic mass is 32.2. The Morgan fingerprint density at radius 2 is 1.95 bits per heavy atom. The number of hydrogen-bond acceptors (Lipinski definition) is 3. The zero-order chi connectivity index (χ0) is 14.2. The predicted octanol–water partition coefficient (Wildman–Crippen LogP) is 2.22. The number of hydrogen-bond donors (Lipinski definition) is 1. The molecule has 0 aromatic heterocycles. The molecule has 1 N–H and O–H groups in total. The van der Waals surface area contributed by atoms with Gasteiger partial charge in [0.05, 0.1) is 22.3 Å². The lowest BCUT2D eigenvalue weighted by atomic mass is 9.73. The molecule has 4 unspecified atom stereocenters. The van der Waals surface area contributed by atoms with Crippen LogP contribution < -0.4 is 0 Å². The van der Waals surface area contributed by atoms with Crippen LogP contribution in [0.3, 0.4) is 0 Å². The van der Waals surface area contributed by atoms with Crippen molar-refractivity contribution in [2.45, 2.75) is 41.9 Å². The number of carbonyl (C=O) groups is 1. The van der Waals surface area contributed by atoms with Crippen molar-refractivity contribution in [2.24, 2.45) is 5.41 Å². The number of benzene rings is 1. The predicted molar refractivity (Wildman–Crippen MR) is 77.7 cm³/mol. The van der Waals surface area contributed by atoms with Crippen LogP contribution in [0.2, 0.25) is 0 Å². The molecule has 4 atom stereocenters. The van der Waals surface area contributed by atoms with Crippen molar-refractivity contribution >= 4 is 16.6 Å². The lowest BCUT2D eigenvalue weighted by Gasteiger charge is -2.32. The van der Waals surface area contributed by atoms with E-state index in [9.17, 15) is 14.1 Å². The summed E-state index contributed by atoms with van der Waals surface area (Å²) in [6.45, 7) is 0. The summed E-state index contributed by atoms with van der Waals surface area (Å²) in [4.78, 5) is 13.4. The second-order valence-electron chi connectivity index (χ2n) is 5.59. The number of ketones is 1. The molecule has 20 heavy (non-hydrogen) atoms. The molecule has 2 aliphatic carbocycles. The summed E-state index contributed by atoms with van der Waals surface area (Å²) in [6.07, 6.45) is 5.73. The Kier molecular flexibility index (Phi) is 3.61. The second-order valence-corrected chi connectivity index (χ2v) is 7.22. The fourth-order valence-corrected chi connectivity index (χ4v) is 4.84. The third-order valence-electron chi connectivity index (χ3n) is 4.50. The van der Waals surface area contributed by atoms with Crippen molar-refractivity contribution in [3.8, 4) is 0 Å². The first-order valence-corrected chi connectivity index (χ1v) is 8.19. The van der Waals surface area contributed by atoms with E-state index < -0.39 is 27.6 Å². The van der Waals surface area contributed by atoms with E-state index in [4.69, 9.17) is 0 Å². The molecule has 1 aromatic carbocycles. The number of aliphatic hydroxyl groups is 1. The molecule has 3 nitrogen and oxygen atoms in total. The maximum Gasteiger partial charge on any atom is 0.157 e. The summed E-state index contributed by atoms with van der Waals surface area (Å²) in [5.74, 6) is -0.0171. The van der Waals surface area contributed by atoms with Crippen LogP contribution in [0.15, 0.2) is 47.4 Å². The standard InChI is InChI=1S/C16H18O3S/c17-14-11-13(20(19)12-7-3-1-4-8-12)15(18)16(14)9-5-2-6-10-16/h1-5,7-8,13-14,17H,6,9-11H2. The molecule has 0 aliphatic heterocycles. The van der Waals surface area contributed by atoms with Gasteiger partial charge in [-0.25, -0.2) is 0 Å². The molecule has 1 saturated carbocycles. The van der Waals surface area contributed by atoms with E-state index in [0.717, 1.165) is 6.42 Å². The normalized spacial score (nSPS) is 34.5. The van der Waals surface area contributed by atoms with Crippen molar-refractivity contribution in [1.29, 1.82) is 0 Å². The zero-order valence-corrected chi connectivity index (χ0v) is 12.0. The third kappa shape index (κ3) is 2.07. The van der Waals surface area contributed by atoms with Crippen LogP contribution in [0.5, 0.6) is 0 Å². The molecule has 0 amide bonds. The van der Waals surface area contributed by atoms with Gasteiger partial charge in [-0.05, 0) is 37.8 Å². The Labute approximate surface area is 121 Å². The minimum Gasteiger partial charge on any atom is -0.392 e. The lowest BCUT2D eigenvalue weighted by Crippen LogP contribution is -2.38. The minimum atomic E-state index is -1.37. The first-order valence-electron chi connectivity index (χ1n) is 6.98. The Morgan fingerprint density at radius 3 is 2.60 bits per heavy atom. The molecule has 0 bridgehead atoms. The monoisotopic (exact) mass is 290 g/mol. The number of Topliss-reactive ketones (excluding diaryl/α,β-unsaturated/α-hetero) is 1. The molecular weight excluding hydrogens is 272 g/mol. The summed E-state index contributed by atoms with van der Waals surface area (Å²) in [6, 6.07) is 9.06. The highest BCUT2D eigenvalue weighted by Gasteiger charge is 2.55. The smallest absolute Gasteiger partial charge is 0.157 e. The van der Waals surface area contributed by atoms with Gasteiger partial charge in [-0.2, -0.15) is 0 Å². The Hall–Kier alpha value is -1.26. The Bertz CT molecular complexity index is 566. The summed E-state index contributed by atoms with van der Waals surface area (Å²) in [7, 11) is -1.37. The SMILES string of the molecule is O=C1C(S(=O)c2ccccc2)CC(O)C12CC=CCC2. The Balaban J connectivity index is 1.88. The van der Waals surface area contributed by atoms with Gasteiger partial charge in [0.25, 0.3) is 0 Å². The number of allylic oxidation sites excluding steroid dienone is 2. The van der Waals surface area contributed by atoms with Crippen LogP contribution in [0.4, 0.5) is 0 Å². The lowest BCUT2D eigenvalue weighted by molar-refractivity contribution is -0.129. The zero-order valence-electron chi connectivity index (χ0n) is 11.2. The summed E-state index contributed by atoms with van der Waals surface area (Å²) < 4.78 is 12.6. The van der Waals surface area contributed by atoms with Gasteiger partial charge in [-0.3, -0.25) is 9.00 Å². The number of rotatable bonds is 2. The second kappa shape index (κ2) is 5.26. The maximum atomic E-state index is 12.7. The number of aliphatic hydroxyl groups excluding tert-OH is 1. The summed E-state index contributed by atoms with van der Waals surface area (Å²) in [5, 5.41) is 9.78. The fourth-order valence-electron chi connectivity index (χ4n) is 3.30. The molecule has 3 rings (SSSR count). The van der Waals surface area contributed by atoms with Crippen molar-refractivity contribution in [2.75, 3.05) is 0 Å². The van der Waals surface area contributed by atoms with E-state index in [2.05, 4.69) is 0 Å². The van der Waals surface area contributed by atoms with Crippen molar-refractivity contribution < 1.29 is 14.1 Å². The Morgan fingerprint density at radius 1 is 1.20 bits per heavy atom. The van der Waals surface area contributed by atoms with Gasteiger partial charge in [0.2, 0.25) is 0 Å². The van der Waals surface area contributed by atoms with E-state index in [0.29, 0.717) is 24.2 Å². The first kappa shape index (κ1) is 13.7. The molecule has 1 spiro atoms. The van der Waals surface area contributed by atoms with Crippen LogP contribution in [0, 0.1) is 5.41 Å². The first-order chi connectivity index (χ1) is 9.65. The molecule has 2 aliphatic rings. The molecule has 106 valence electrons. The third-order valence-corrected chi connectivity index (χ3v) is 6.16. The average molecular weight is 290 g/mol. The highest BCUT2D eigenvalue weighted by Crippen LogP contribution is 2.46. The van der Waals surface area contributed by atoms with Crippen molar-refractivity contribution in [3.05, 3.63) is 42.5 Å². The van der Waals surface area contributed by atoms with Gasteiger partial charge >= 0.3 is 0 Å². The molecule has 0 saturated heterocycles. The van der Waals surface area contributed by atoms with Crippen molar-refractivity contribution in [3.63, 3.8) is 0 Å². The van der Waals surface area contributed by atoms with Crippen LogP contribution in [0.1, 0.15) is 25.7 Å². The highest BCUT2D eigenvalue weighted by molar-refractivity contribution is 7.86. The van der Waals surface area contributed by atoms with Gasteiger partial charge in [0.1, 0.15) is 5.25 Å². The van der Waals surface area contributed by atoms with Crippen LogP contribution in [0.25, 0.3) is 0 Å². The largest absolute Gasteiger partial charge is 0.392 e. The quantitative estimate of drug-likeness (QED) is 0.850. The fraction of sp³-hybridized carbons (Fsp3) is 0.438. The van der Waals surface area contributed by atoms with Crippen LogP contribution in [-0.4, -0.2) is 26.5 Å². The van der Waals surface area contributed by atoms with Crippen LogP contribution in [-0.2, 0) is 15.6 Å². The molecule has 1 aromatic rings. The van der Waals surface area contributed by atoms with Crippen LogP contribution >= 0.6 is 0 Å².